The first-order valence-corrected chi connectivity index (χ1v) is 13.9. The fraction of sp³-hybridized carbons (Fsp3) is 0.333. The van der Waals surface area contributed by atoms with Crippen molar-refractivity contribution in [1.29, 1.82) is 0 Å². The molecule has 4 aliphatic rings. The fourth-order valence-electron chi connectivity index (χ4n) is 5.15. The van der Waals surface area contributed by atoms with Crippen molar-refractivity contribution >= 4 is 34.9 Å². The second-order valence-corrected chi connectivity index (χ2v) is 11.4. The molecule has 0 unspecified atom stereocenters. The van der Waals surface area contributed by atoms with Gasteiger partial charge < -0.3 is 24.4 Å². The lowest BCUT2D eigenvalue weighted by Crippen LogP contribution is -2.50. The van der Waals surface area contributed by atoms with Gasteiger partial charge in [-0.1, -0.05) is 35.9 Å². The SMILES string of the molecule is CC(C)(C)OC(=O)N1CCN(c2cccc(N=c3ncc4cc(-c5ccccc5Cl)c5n(c-4n3)CCN5)c2)CC1. The highest BCUT2D eigenvalue weighted by molar-refractivity contribution is 6.33. The van der Waals surface area contributed by atoms with Crippen molar-refractivity contribution in [2.75, 3.05) is 42.9 Å². The van der Waals surface area contributed by atoms with Crippen LogP contribution < -0.4 is 15.8 Å². The molecule has 0 radical (unpaired) electrons. The Kier molecular flexibility index (Phi) is 6.83. The van der Waals surface area contributed by atoms with Gasteiger partial charge in [-0.05, 0) is 51.1 Å². The Hall–Kier alpha value is -4.11. The molecule has 2 aromatic carbocycles. The average Bonchev–Trinajstić information content (AvgIpc) is 3.43. The van der Waals surface area contributed by atoms with Gasteiger partial charge in [0, 0.05) is 72.9 Å². The summed E-state index contributed by atoms with van der Waals surface area (Å²) >= 11 is 6.53. The van der Waals surface area contributed by atoms with E-state index in [1.807, 2.05) is 69.4 Å². The molecule has 1 N–H and O–H groups in total. The maximum Gasteiger partial charge on any atom is 0.410 e. The van der Waals surface area contributed by atoms with Gasteiger partial charge in [-0.25, -0.2) is 14.8 Å². The Bertz CT molecular complexity index is 1600. The quantitative estimate of drug-likeness (QED) is 0.362. The van der Waals surface area contributed by atoms with E-state index in [2.05, 4.69) is 31.9 Å². The topological polar surface area (TPSA) is 87.9 Å². The number of hydrogen-bond acceptors (Lipinski definition) is 7. The number of anilines is 2. The van der Waals surface area contributed by atoms with E-state index in [1.54, 1.807) is 4.90 Å². The van der Waals surface area contributed by atoms with E-state index in [4.69, 9.17) is 26.3 Å². The number of pyridine rings is 1. The minimum Gasteiger partial charge on any atom is -0.444 e. The normalized spacial score (nSPS) is 15.8. The van der Waals surface area contributed by atoms with Gasteiger partial charge >= 0.3 is 6.09 Å². The first kappa shape index (κ1) is 26.1. The summed E-state index contributed by atoms with van der Waals surface area (Å²) in [5, 5.41) is 4.20. The highest BCUT2D eigenvalue weighted by Crippen LogP contribution is 2.39. The van der Waals surface area contributed by atoms with Crippen LogP contribution in [0, 0.1) is 0 Å². The van der Waals surface area contributed by atoms with E-state index in [9.17, 15) is 4.79 Å². The van der Waals surface area contributed by atoms with E-state index in [0.717, 1.165) is 65.9 Å². The van der Waals surface area contributed by atoms with Gasteiger partial charge in [-0.3, -0.25) is 0 Å². The van der Waals surface area contributed by atoms with Gasteiger partial charge in [0.1, 0.15) is 17.2 Å². The van der Waals surface area contributed by atoms with Crippen molar-refractivity contribution in [3.63, 3.8) is 0 Å². The summed E-state index contributed by atoms with van der Waals surface area (Å²) in [4.78, 5) is 30.6. The standard InChI is InChI=1S/C30H32ClN7O2/c1-30(2,3)40-29(39)37-15-13-36(14-16-37)22-8-6-7-21(18-22)34-28-33-19-20-17-24(23-9-4-5-10-25(23)31)27-32-11-12-38(27)26(20)35-28/h4-10,17-19,32H,11-16H2,1-3H3. The number of hydrogen-bond donors (Lipinski definition) is 1. The first-order chi connectivity index (χ1) is 19.2. The molecule has 206 valence electrons. The smallest absolute Gasteiger partial charge is 0.410 e. The molecule has 40 heavy (non-hydrogen) atoms. The molecule has 4 aliphatic heterocycles. The molecule has 2 aromatic rings. The van der Waals surface area contributed by atoms with Gasteiger partial charge in [0.25, 0.3) is 5.62 Å². The van der Waals surface area contributed by atoms with E-state index in [-0.39, 0.29) is 6.09 Å². The Morgan fingerprint density at radius 3 is 2.58 bits per heavy atom. The van der Waals surface area contributed by atoms with E-state index >= 15 is 0 Å². The van der Waals surface area contributed by atoms with Crippen LogP contribution in [0.5, 0.6) is 0 Å². The Morgan fingerprint density at radius 1 is 1.00 bits per heavy atom. The minimum absolute atomic E-state index is 0.261. The van der Waals surface area contributed by atoms with Crippen molar-refractivity contribution in [3.8, 4) is 22.5 Å². The maximum absolute atomic E-state index is 12.4. The number of fused-ring (bicyclic) bond motifs is 3. The Labute approximate surface area is 238 Å². The van der Waals surface area contributed by atoms with Crippen LogP contribution in [0.3, 0.4) is 0 Å². The molecule has 9 nitrogen and oxygen atoms in total. The lowest BCUT2D eigenvalue weighted by Gasteiger charge is -2.36. The Morgan fingerprint density at radius 2 is 1.80 bits per heavy atom. The molecule has 4 heterocycles. The van der Waals surface area contributed by atoms with Crippen molar-refractivity contribution in [2.45, 2.75) is 32.9 Å². The number of nitrogens with one attached hydrogen (secondary N) is 1. The van der Waals surface area contributed by atoms with E-state index in [0.29, 0.717) is 23.7 Å². The molecule has 6 rings (SSSR count). The summed E-state index contributed by atoms with van der Waals surface area (Å²) in [7, 11) is 0. The molecule has 1 amide bonds. The number of benzene rings is 2. The van der Waals surface area contributed by atoms with E-state index < -0.39 is 5.60 Å². The zero-order valence-electron chi connectivity index (χ0n) is 22.9. The first-order valence-electron chi connectivity index (χ1n) is 13.5. The number of carbonyl (C=O) groups excluding carboxylic acids is 1. The molecular formula is C30H32ClN7O2. The Balaban J connectivity index is 1.26. The number of aromatic nitrogens is 3. The largest absolute Gasteiger partial charge is 0.444 e. The van der Waals surface area contributed by atoms with Crippen LogP contribution in [-0.2, 0) is 11.3 Å². The number of nitrogens with zero attached hydrogens (tertiary/aromatic N) is 6. The predicted molar refractivity (Wildman–Crippen MR) is 157 cm³/mol. The predicted octanol–water partition coefficient (Wildman–Crippen LogP) is 5.42. The summed E-state index contributed by atoms with van der Waals surface area (Å²) < 4.78 is 7.70. The summed E-state index contributed by atoms with van der Waals surface area (Å²) in [6, 6.07) is 18.0. The highest BCUT2D eigenvalue weighted by Gasteiger charge is 2.26. The number of ether oxygens (including phenoxy) is 1. The highest BCUT2D eigenvalue weighted by atomic mass is 35.5. The minimum atomic E-state index is -0.498. The molecule has 0 bridgehead atoms. The van der Waals surface area contributed by atoms with Crippen LogP contribution in [0.4, 0.5) is 22.0 Å². The molecule has 0 aromatic heterocycles. The van der Waals surface area contributed by atoms with Crippen molar-refractivity contribution in [2.24, 2.45) is 4.99 Å². The number of rotatable bonds is 3. The molecule has 0 spiro atoms. The van der Waals surface area contributed by atoms with Crippen LogP contribution in [-0.4, -0.2) is 63.9 Å². The van der Waals surface area contributed by atoms with E-state index in [1.165, 1.54) is 0 Å². The number of piperazine rings is 1. The maximum atomic E-state index is 12.4. The van der Waals surface area contributed by atoms with Crippen molar-refractivity contribution in [3.05, 3.63) is 71.4 Å². The molecule has 0 saturated carbocycles. The lowest BCUT2D eigenvalue weighted by atomic mass is 10.0. The molecule has 0 aliphatic carbocycles. The summed E-state index contributed by atoms with van der Waals surface area (Å²) in [5.74, 6) is 1.83. The van der Waals surface area contributed by atoms with Crippen LogP contribution in [0.1, 0.15) is 20.8 Å². The fourth-order valence-corrected chi connectivity index (χ4v) is 5.39. The average molecular weight is 558 g/mol. The second-order valence-electron chi connectivity index (χ2n) is 11.0. The molecule has 10 heteroatoms. The van der Waals surface area contributed by atoms with Gasteiger partial charge in [0.05, 0.1) is 5.69 Å². The van der Waals surface area contributed by atoms with Gasteiger partial charge in [0.15, 0.2) is 0 Å². The van der Waals surface area contributed by atoms with Gasteiger partial charge in [-0.15, -0.1) is 0 Å². The van der Waals surface area contributed by atoms with Crippen molar-refractivity contribution < 1.29 is 9.53 Å². The zero-order chi connectivity index (χ0) is 27.9. The monoisotopic (exact) mass is 557 g/mol. The summed E-state index contributed by atoms with van der Waals surface area (Å²) in [5.41, 5.74) is 4.67. The molecular weight excluding hydrogens is 526 g/mol. The summed E-state index contributed by atoms with van der Waals surface area (Å²) in [6.45, 7) is 9.93. The second kappa shape index (κ2) is 10.5. The lowest BCUT2D eigenvalue weighted by molar-refractivity contribution is 0.0240. The van der Waals surface area contributed by atoms with Crippen LogP contribution in [0.25, 0.3) is 22.5 Å². The number of carbonyl (C=O) groups is 1. The zero-order valence-corrected chi connectivity index (χ0v) is 23.6. The number of halogens is 1. The van der Waals surface area contributed by atoms with Gasteiger partial charge in [0.2, 0.25) is 0 Å². The summed E-state index contributed by atoms with van der Waals surface area (Å²) in [6.07, 6.45) is 1.57. The molecule has 1 saturated heterocycles. The van der Waals surface area contributed by atoms with Gasteiger partial charge in [-0.2, -0.15) is 4.98 Å². The third-order valence-corrected chi connectivity index (χ3v) is 7.34. The third-order valence-electron chi connectivity index (χ3n) is 7.01. The third kappa shape index (κ3) is 5.34. The van der Waals surface area contributed by atoms with Crippen LogP contribution in [0.2, 0.25) is 5.02 Å². The van der Waals surface area contributed by atoms with Crippen molar-refractivity contribution in [1.82, 2.24) is 19.4 Å². The van der Waals surface area contributed by atoms with Crippen LogP contribution >= 0.6 is 11.6 Å². The van der Waals surface area contributed by atoms with Crippen LogP contribution in [0.15, 0.2) is 65.8 Å². The number of amides is 1. The molecule has 1 fully saturated rings. The molecule has 0 atom stereocenters.